The lowest BCUT2D eigenvalue weighted by molar-refractivity contribution is 0.402. The maximum atomic E-state index is 11.6. The zero-order valence-corrected chi connectivity index (χ0v) is 8.43. The highest BCUT2D eigenvalue weighted by atomic mass is 32.1. The molecule has 0 amide bonds. The number of aromatic amines is 1. The summed E-state index contributed by atoms with van der Waals surface area (Å²) in [7, 11) is 0. The van der Waals surface area contributed by atoms with Crippen LogP contribution in [0, 0.1) is 0 Å². The topological polar surface area (TPSA) is 45.8 Å². The lowest BCUT2D eigenvalue weighted by atomic mass is 9.85. The van der Waals surface area contributed by atoms with E-state index in [0.29, 0.717) is 5.92 Å². The molecule has 3 rings (SSSR count). The number of hydrogen-bond donors (Lipinski definition) is 1. The number of thiophene rings is 1. The molecule has 1 aliphatic carbocycles. The van der Waals surface area contributed by atoms with Crippen molar-refractivity contribution in [2.75, 3.05) is 0 Å². The molecule has 72 valence electrons. The molecule has 2 aromatic rings. The molecule has 0 atom stereocenters. The van der Waals surface area contributed by atoms with Crippen LogP contribution in [0.5, 0.6) is 0 Å². The van der Waals surface area contributed by atoms with Gasteiger partial charge in [-0.2, -0.15) is 0 Å². The molecule has 0 aromatic carbocycles. The highest BCUT2D eigenvalue weighted by Crippen LogP contribution is 2.34. The SMILES string of the molecule is O=c1[nH]c(C2CCC2)nc2sccc12. The Bertz CT molecular complexity index is 524. The molecule has 1 fully saturated rings. The highest BCUT2D eigenvalue weighted by molar-refractivity contribution is 7.16. The van der Waals surface area contributed by atoms with Crippen molar-refractivity contribution in [3.8, 4) is 0 Å². The van der Waals surface area contributed by atoms with Crippen LogP contribution >= 0.6 is 11.3 Å². The fraction of sp³-hybridized carbons (Fsp3) is 0.400. The van der Waals surface area contributed by atoms with Crippen LogP contribution < -0.4 is 5.56 Å². The Balaban J connectivity index is 2.21. The minimum absolute atomic E-state index is 0.0122. The largest absolute Gasteiger partial charge is 0.310 e. The average molecular weight is 206 g/mol. The molecule has 0 saturated heterocycles. The van der Waals surface area contributed by atoms with E-state index in [1.807, 2.05) is 11.4 Å². The Labute approximate surface area is 84.8 Å². The molecular formula is C10H10N2OS. The van der Waals surface area contributed by atoms with Gasteiger partial charge in [0.25, 0.3) is 5.56 Å². The van der Waals surface area contributed by atoms with Gasteiger partial charge in [0, 0.05) is 5.92 Å². The number of rotatable bonds is 1. The third kappa shape index (κ3) is 1.10. The van der Waals surface area contributed by atoms with E-state index >= 15 is 0 Å². The van der Waals surface area contributed by atoms with Crippen LogP contribution in [0.2, 0.25) is 0 Å². The molecule has 4 heteroatoms. The maximum Gasteiger partial charge on any atom is 0.259 e. The summed E-state index contributed by atoms with van der Waals surface area (Å²) in [5.74, 6) is 1.38. The van der Waals surface area contributed by atoms with Gasteiger partial charge in [0.2, 0.25) is 0 Å². The second-order valence-corrected chi connectivity index (χ2v) is 4.61. The van der Waals surface area contributed by atoms with Crippen molar-refractivity contribution in [3.05, 3.63) is 27.6 Å². The number of hydrogen-bond acceptors (Lipinski definition) is 3. The monoisotopic (exact) mass is 206 g/mol. The van der Waals surface area contributed by atoms with E-state index in [4.69, 9.17) is 0 Å². The molecule has 0 spiro atoms. The summed E-state index contributed by atoms with van der Waals surface area (Å²) in [4.78, 5) is 19.8. The lowest BCUT2D eigenvalue weighted by Gasteiger charge is -2.23. The first-order chi connectivity index (χ1) is 6.84. The van der Waals surface area contributed by atoms with Crippen LogP contribution in [-0.4, -0.2) is 9.97 Å². The summed E-state index contributed by atoms with van der Waals surface area (Å²) in [6, 6.07) is 1.83. The van der Waals surface area contributed by atoms with Crippen molar-refractivity contribution in [3.63, 3.8) is 0 Å². The van der Waals surface area contributed by atoms with Gasteiger partial charge < -0.3 is 4.98 Å². The average Bonchev–Trinajstić information content (AvgIpc) is 2.48. The van der Waals surface area contributed by atoms with E-state index in [0.717, 1.165) is 16.0 Å². The first kappa shape index (κ1) is 8.17. The van der Waals surface area contributed by atoms with Gasteiger partial charge in [0.05, 0.1) is 5.39 Å². The fourth-order valence-electron chi connectivity index (χ4n) is 1.76. The maximum absolute atomic E-state index is 11.6. The van der Waals surface area contributed by atoms with Crippen LogP contribution in [0.3, 0.4) is 0 Å². The minimum Gasteiger partial charge on any atom is -0.310 e. The molecular weight excluding hydrogens is 196 g/mol. The smallest absolute Gasteiger partial charge is 0.259 e. The second kappa shape index (κ2) is 2.92. The predicted molar refractivity (Wildman–Crippen MR) is 56.8 cm³/mol. The van der Waals surface area contributed by atoms with Crippen LogP contribution in [0.4, 0.5) is 0 Å². The number of aromatic nitrogens is 2. The molecule has 0 aliphatic heterocycles. The number of H-pyrrole nitrogens is 1. The summed E-state index contributed by atoms with van der Waals surface area (Å²) < 4.78 is 0. The van der Waals surface area contributed by atoms with E-state index in [9.17, 15) is 4.79 Å². The van der Waals surface area contributed by atoms with E-state index in [2.05, 4.69) is 9.97 Å². The predicted octanol–water partition coefficient (Wildman–Crippen LogP) is 2.25. The van der Waals surface area contributed by atoms with Gasteiger partial charge in [0.15, 0.2) is 0 Å². The van der Waals surface area contributed by atoms with E-state index in [1.165, 1.54) is 30.6 Å². The molecule has 1 saturated carbocycles. The molecule has 2 heterocycles. The van der Waals surface area contributed by atoms with Crippen molar-refractivity contribution in [2.24, 2.45) is 0 Å². The molecule has 14 heavy (non-hydrogen) atoms. The molecule has 3 nitrogen and oxygen atoms in total. The summed E-state index contributed by atoms with van der Waals surface area (Å²) in [5.41, 5.74) is 0.0122. The highest BCUT2D eigenvalue weighted by Gasteiger charge is 2.22. The number of nitrogens with one attached hydrogen (secondary N) is 1. The molecule has 2 aromatic heterocycles. The summed E-state index contributed by atoms with van der Waals surface area (Å²) in [6.07, 6.45) is 3.59. The third-order valence-electron chi connectivity index (χ3n) is 2.84. The van der Waals surface area contributed by atoms with Gasteiger partial charge in [0.1, 0.15) is 10.7 Å². The van der Waals surface area contributed by atoms with Gasteiger partial charge in [-0.25, -0.2) is 4.98 Å². The van der Waals surface area contributed by atoms with Crippen LogP contribution in [0.15, 0.2) is 16.2 Å². The number of nitrogens with zero attached hydrogens (tertiary/aromatic N) is 1. The van der Waals surface area contributed by atoms with Gasteiger partial charge in [-0.3, -0.25) is 4.79 Å². The van der Waals surface area contributed by atoms with E-state index < -0.39 is 0 Å². The van der Waals surface area contributed by atoms with Crippen molar-refractivity contribution in [1.82, 2.24) is 9.97 Å². The third-order valence-corrected chi connectivity index (χ3v) is 3.65. The van der Waals surface area contributed by atoms with Crippen molar-refractivity contribution in [2.45, 2.75) is 25.2 Å². The van der Waals surface area contributed by atoms with Crippen LogP contribution in [0.1, 0.15) is 31.0 Å². The van der Waals surface area contributed by atoms with E-state index in [-0.39, 0.29) is 5.56 Å². The normalized spacial score (nSPS) is 17.1. The summed E-state index contributed by atoms with van der Waals surface area (Å²) in [6.45, 7) is 0. The van der Waals surface area contributed by atoms with Crippen LogP contribution in [-0.2, 0) is 0 Å². The van der Waals surface area contributed by atoms with Crippen LogP contribution in [0.25, 0.3) is 10.2 Å². The molecule has 0 unspecified atom stereocenters. The molecule has 1 aliphatic rings. The fourth-order valence-corrected chi connectivity index (χ4v) is 2.53. The van der Waals surface area contributed by atoms with Gasteiger partial charge in [-0.1, -0.05) is 6.42 Å². The zero-order valence-electron chi connectivity index (χ0n) is 7.62. The molecule has 0 bridgehead atoms. The quantitative estimate of drug-likeness (QED) is 0.777. The van der Waals surface area contributed by atoms with Gasteiger partial charge in [-0.15, -0.1) is 11.3 Å². The summed E-state index contributed by atoms with van der Waals surface area (Å²) in [5, 5.41) is 2.63. The standard InChI is InChI=1S/C10H10N2OS/c13-9-7-4-5-14-10(7)12-8(11-9)6-2-1-3-6/h4-6H,1-3H2,(H,11,12,13). The molecule has 1 N–H and O–H groups in total. The Hall–Kier alpha value is -1.16. The Kier molecular flexibility index (Phi) is 1.70. The van der Waals surface area contributed by atoms with Crippen molar-refractivity contribution in [1.29, 1.82) is 0 Å². The van der Waals surface area contributed by atoms with Crippen molar-refractivity contribution >= 4 is 21.6 Å². The number of fused-ring (bicyclic) bond motifs is 1. The van der Waals surface area contributed by atoms with E-state index in [1.54, 1.807) is 0 Å². The summed E-state index contributed by atoms with van der Waals surface area (Å²) >= 11 is 1.54. The first-order valence-electron chi connectivity index (χ1n) is 4.82. The Morgan fingerprint density at radius 1 is 1.50 bits per heavy atom. The van der Waals surface area contributed by atoms with Gasteiger partial charge in [-0.05, 0) is 24.3 Å². The van der Waals surface area contributed by atoms with Crippen molar-refractivity contribution < 1.29 is 0 Å². The Morgan fingerprint density at radius 3 is 3.07 bits per heavy atom. The Morgan fingerprint density at radius 2 is 2.36 bits per heavy atom. The van der Waals surface area contributed by atoms with Gasteiger partial charge >= 0.3 is 0 Å². The lowest BCUT2D eigenvalue weighted by Crippen LogP contribution is -2.18. The second-order valence-electron chi connectivity index (χ2n) is 3.72. The minimum atomic E-state index is 0.0122. The zero-order chi connectivity index (χ0) is 9.54. The molecule has 0 radical (unpaired) electrons. The first-order valence-corrected chi connectivity index (χ1v) is 5.70.